The number of esters is 1. The molecule has 0 spiro atoms. The molecule has 0 amide bonds. The first kappa shape index (κ1) is 11.3. The molecule has 0 rings (SSSR count). The highest BCUT2D eigenvalue weighted by Gasteiger charge is 2.48. The Bertz CT molecular complexity index is 249. The number of ether oxygens (including phenoxy) is 1. The van der Waals surface area contributed by atoms with Crippen LogP contribution in [0.1, 0.15) is 0 Å². The summed E-state index contributed by atoms with van der Waals surface area (Å²) in [6, 6.07) is -2.86. The summed E-state index contributed by atoms with van der Waals surface area (Å²) in [7, 11) is 0. The van der Waals surface area contributed by atoms with Crippen LogP contribution in [0, 0.1) is 0 Å². The minimum absolute atomic E-state index is 2.00. The Kier molecular flexibility index (Phi) is 3.33. The number of carbonyl (C=O) groups is 3. The van der Waals surface area contributed by atoms with Crippen LogP contribution < -0.4 is 0 Å². The molecule has 0 aliphatic rings. The molecule has 0 radical (unpaired) electrons. The number of alkyl halides is 2. The highest BCUT2D eigenvalue weighted by molar-refractivity contribution is 6.29. The van der Waals surface area contributed by atoms with Gasteiger partial charge in [0, 0.05) is 4.53 Å². The third kappa shape index (κ3) is 3.05. The summed E-state index contributed by atoms with van der Waals surface area (Å²) in [6.45, 7) is 0. The molecule has 0 aliphatic heterocycles. The lowest BCUT2D eigenvalue weighted by Crippen LogP contribution is -2.36. The molecule has 5 nitrogen and oxygen atoms in total. The van der Waals surface area contributed by atoms with E-state index in [4.69, 9.17) is 0 Å². The zero-order valence-corrected chi connectivity index (χ0v) is 5.55. The van der Waals surface area contributed by atoms with Gasteiger partial charge in [-0.15, -0.1) is 0 Å². The fourth-order valence-corrected chi connectivity index (χ4v) is 0.243. The lowest BCUT2D eigenvalue weighted by molar-refractivity contribution is -0.265. The first-order chi connectivity index (χ1) is 5.81. The predicted octanol–water partition coefficient (Wildman–Crippen LogP) is 0.0462. The third-order valence-electron chi connectivity index (χ3n) is 0.689. The molecule has 0 N–H and O–H groups in total. The molecule has 0 atom stereocenters. The maximum absolute atomic E-state index is 12.0. The smallest absolute Gasteiger partial charge is 0.384 e. The van der Waals surface area contributed by atoms with Crippen molar-refractivity contribution in [2.24, 2.45) is 0 Å². The molecular formula is C4F4O5. The van der Waals surface area contributed by atoms with Crippen LogP contribution in [0.5, 0.6) is 0 Å². The normalized spacial score (nSPS) is 10.5. The average Bonchev–Trinajstić information content (AvgIpc) is 2.01. The third-order valence-corrected chi connectivity index (χ3v) is 0.689. The molecule has 74 valence electrons. The lowest BCUT2D eigenvalue weighted by Gasteiger charge is -2.09. The molecule has 0 aliphatic carbocycles. The van der Waals surface area contributed by atoms with Gasteiger partial charge in [0.1, 0.15) is 0 Å². The van der Waals surface area contributed by atoms with Gasteiger partial charge in [0.15, 0.2) is 0 Å². The van der Waals surface area contributed by atoms with Crippen molar-refractivity contribution >= 4 is 18.0 Å². The van der Waals surface area contributed by atoms with Crippen molar-refractivity contribution in [2.75, 3.05) is 0 Å². The molecule has 0 fully saturated rings. The average molecular weight is 204 g/mol. The second-order valence-electron chi connectivity index (χ2n) is 1.54. The Labute approximate surface area is 67.1 Å². The second kappa shape index (κ2) is 3.83. The number of rotatable bonds is 3. The van der Waals surface area contributed by atoms with E-state index in [0.717, 1.165) is 0 Å². The van der Waals surface area contributed by atoms with E-state index in [-0.39, 0.29) is 0 Å². The Morgan fingerprint density at radius 1 is 1.15 bits per heavy atom. The van der Waals surface area contributed by atoms with E-state index >= 15 is 0 Å². The van der Waals surface area contributed by atoms with Gasteiger partial charge in [-0.1, -0.05) is 0 Å². The van der Waals surface area contributed by atoms with E-state index < -0.39 is 24.1 Å². The molecule has 0 saturated carbocycles. The van der Waals surface area contributed by atoms with Gasteiger partial charge in [-0.05, 0) is 0 Å². The quantitative estimate of drug-likeness (QED) is 0.281. The highest BCUT2D eigenvalue weighted by atomic mass is 19.3. The summed E-state index contributed by atoms with van der Waals surface area (Å²) in [5.74, 6) is -5.50. The van der Waals surface area contributed by atoms with Crippen LogP contribution in [0.3, 0.4) is 0 Å². The Morgan fingerprint density at radius 2 is 1.62 bits per heavy atom. The van der Waals surface area contributed by atoms with E-state index in [1.807, 2.05) is 4.94 Å². The second-order valence-corrected chi connectivity index (χ2v) is 1.54. The molecule has 0 bridgehead atoms. The van der Waals surface area contributed by atoms with Gasteiger partial charge >= 0.3 is 24.1 Å². The lowest BCUT2D eigenvalue weighted by atomic mass is 10.6. The van der Waals surface area contributed by atoms with Crippen molar-refractivity contribution in [1.29, 1.82) is 0 Å². The monoisotopic (exact) mass is 204 g/mol. The van der Waals surface area contributed by atoms with Crippen LogP contribution in [0.25, 0.3) is 0 Å². The van der Waals surface area contributed by atoms with Crippen LogP contribution in [0.4, 0.5) is 17.7 Å². The molecule has 13 heavy (non-hydrogen) atoms. The minimum Gasteiger partial charge on any atom is -0.384 e. The van der Waals surface area contributed by atoms with Crippen LogP contribution in [0.15, 0.2) is 0 Å². The van der Waals surface area contributed by atoms with Crippen molar-refractivity contribution in [3.05, 3.63) is 0 Å². The molecule has 0 aromatic carbocycles. The fourth-order valence-electron chi connectivity index (χ4n) is 0.243. The predicted molar refractivity (Wildman–Crippen MR) is 24.4 cm³/mol. The molecule has 0 heterocycles. The molecular weight excluding hydrogens is 204 g/mol. The highest BCUT2D eigenvalue weighted by Crippen LogP contribution is 2.17. The van der Waals surface area contributed by atoms with E-state index in [9.17, 15) is 32.1 Å². The van der Waals surface area contributed by atoms with Gasteiger partial charge in [0.25, 0.3) is 0 Å². The summed E-state index contributed by atoms with van der Waals surface area (Å²) in [5.41, 5.74) is 0. The first-order valence-corrected chi connectivity index (χ1v) is 2.45. The van der Waals surface area contributed by atoms with E-state index in [2.05, 4.69) is 4.74 Å². The number of hydrogen-bond acceptors (Lipinski definition) is 5. The summed E-state index contributed by atoms with van der Waals surface area (Å²) >= 11 is 0. The van der Waals surface area contributed by atoms with E-state index in [0.29, 0.717) is 0 Å². The standard InChI is InChI=1S/C4F4O5/c5-1(9)2(10)12-4(6,7)3(11)13-8. The maximum atomic E-state index is 12.0. The van der Waals surface area contributed by atoms with E-state index in [1.54, 1.807) is 0 Å². The molecule has 0 unspecified atom stereocenters. The summed E-state index contributed by atoms with van der Waals surface area (Å²) in [5, 5.41) is 0. The van der Waals surface area contributed by atoms with Crippen molar-refractivity contribution in [1.82, 2.24) is 0 Å². The van der Waals surface area contributed by atoms with Crippen molar-refractivity contribution < 1.29 is 41.8 Å². The van der Waals surface area contributed by atoms with Gasteiger partial charge < -0.3 is 4.74 Å². The van der Waals surface area contributed by atoms with Gasteiger partial charge in [-0.3, -0.25) is 0 Å². The first-order valence-electron chi connectivity index (χ1n) is 2.45. The van der Waals surface area contributed by atoms with Crippen molar-refractivity contribution in [3.63, 3.8) is 0 Å². The summed E-state index contributed by atoms with van der Waals surface area (Å²) in [6.07, 6.45) is -5.03. The van der Waals surface area contributed by atoms with Crippen LogP contribution >= 0.6 is 0 Å². The largest absolute Gasteiger partial charge is 0.508 e. The molecule has 0 aromatic heterocycles. The van der Waals surface area contributed by atoms with Gasteiger partial charge in [0.2, 0.25) is 0 Å². The Hall–Kier alpha value is -1.67. The SMILES string of the molecule is O=C(F)C(=O)OC(F)(F)C(=O)OF. The molecule has 9 heteroatoms. The fraction of sp³-hybridized carbons (Fsp3) is 0.250. The number of carbonyl (C=O) groups excluding carboxylic acids is 3. The van der Waals surface area contributed by atoms with Crippen LogP contribution in [-0.2, 0) is 24.1 Å². The van der Waals surface area contributed by atoms with Gasteiger partial charge in [-0.2, -0.15) is 13.2 Å². The van der Waals surface area contributed by atoms with Crippen molar-refractivity contribution in [2.45, 2.75) is 6.11 Å². The number of hydrogen-bond donors (Lipinski definition) is 0. The van der Waals surface area contributed by atoms with Crippen LogP contribution in [-0.4, -0.2) is 24.1 Å². The summed E-state index contributed by atoms with van der Waals surface area (Å²) in [4.78, 5) is 31.0. The number of halogens is 4. The van der Waals surface area contributed by atoms with E-state index in [1.165, 1.54) is 0 Å². The molecule has 0 aromatic rings. The zero-order valence-electron chi connectivity index (χ0n) is 5.55. The van der Waals surface area contributed by atoms with Crippen LogP contribution in [0.2, 0.25) is 0 Å². The summed E-state index contributed by atoms with van der Waals surface area (Å²) < 4.78 is 48.7. The van der Waals surface area contributed by atoms with Gasteiger partial charge in [-0.25, -0.2) is 19.3 Å². The Morgan fingerprint density at radius 3 is 1.92 bits per heavy atom. The molecule has 0 saturated heterocycles. The minimum atomic E-state index is -5.03. The van der Waals surface area contributed by atoms with Crippen molar-refractivity contribution in [3.8, 4) is 0 Å². The zero-order chi connectivity index (χ0) is 10.6. The Balaban J connectivity index is 4.42. The maximum Gasteiger partial charge on any atom is 0.508 e. The van der Waals surface area contributed by atoms with Gasteiger partial charge in [0.05, 0.1) is 0 Å². The topological polar surface area (TPSA) is 69.7 Å².